The van der Waals surface area contributed by atoms with Crippen molar-refractivity contribution in [3.8, 4) is 0 Å². The van der Waals surface area contributed by atoms with E-state index in [9.17, 15) is 96.5 Å². The highest BCUT2D eigenvalue weighted by Gasteiger charge is 2.38. The number of rotatable bonds is 19. The minimum Gasteiger partial charge on any atom is -0.481 e. The van der Waals surface area contributed by atoms with Gasteiger partial charge in [0.15, 0.2) is 0 Å². The first-order chi connectivity index (χ1) is 57.6. The molecule has 24 N–H and O–H groups in total. The van der Waals surface area contributed by atoms with Crippen molar-refractivity contribution in [2.45, 2.75) is 146 Å². The molecule has 3 saturated heterocycles. The Morgan fingerprint density at radius 2 is 0.909 bits per heavy atom. The Balaban J connectivity index is 0.000000334. The number of anilines is 1. The molecule has 121 heavy (non-hydrogen) atoms. The average molecular weight is 1760 g/mol. The minimum absolute atomic E-state index is 0.00949. The van der Waals surface area contributed by atoms with E-state index in [0.717, 1.165) is 65.3 Å². The van der Waals surface area contributed by atoms with Crippen LogP contribution in [0.2, 0.25) is 0 Å². The van der Waals surface area contributed by atoms with E-state index in [-0.39, 0.29) is 86.0 Å². The second-order valence-electron chi connectivity index (χ2n) is 28.4. The first-order valence-corrected chi connectivity index (χ1v) is 43.4. The lowest BCUT2D eigenvalue weighted by molar-refractivity contribution is -0.144. The zero-order chi connectivity index (χ0) is 88.6. The molecule has 2 aromatic heterocycles. The number of H-pyrrole nitrogens is 2. The van der Waals surface area contributed by atoms with Crippen molar-refractivity contribution in [2.24, 2.45) is 23.1 Å². The lowest BCUT2D eigenvalue weighted by Crippen LogP contribution is -2.59. The summed E-state index contributed by atoms with van der Waals surface area (Å²) in [5.74, 6) is -15.8. The maximum Gasteiger partial charge on any atom is 0.305 e. The standard InChI is InChI=1S/C39H49N11O10S2.C37H52N10O10S2/c1-20-39(60)50(13-11-23-17-43-26-6-4-3-5-25(23)26)21(2)36(57)49-29(35(42)56)19-62-61-14-12-30(51)47-27(15-31(52)46-24-9-7-22(8-10-24)34(40)41)37(58)44-18-32(53)48-28(16-33(54)55)38(59)45-20;1-20-37(57)47(13-9-23-16-40-25-6-4-3-5-24(23)25)21(2)33(53)46-28(32(38)52)19-59-58-14-10-29(48)45-27(17-41-34(54)22-7-11-39-12-8-22)35(55)42-18-30(49)44-26(15-31(50)51)36(56)43-20/h3-10,17,20-21,27-29,43H,11-16,18-19H2,1-2H3,(H3,40,41)(H2,42,56)(H,44,58)(H,45,59)(H,46,52)(H,47,51)(H,48,53)(H,49,57)(H,54,55);3-6,16,20-22,26-28,39-40H,7-15,17-19H2,1-2H3,(H2,38,52)(H,41,54)(H,42,55)(H,43,56)(H,44,49)(H,45,48)(H,46,53)(H,50,51)/t20-,21-,27?,28?,29?;20-,21-,26?,27?,28?/m00/s1. The van der Waals surface area contributed by atoms with E-state index in [2.05, 4.69) is 79.1 Å². The molecular weight excluding hydrogens is 1660 g/mol. The first kappa shape index (κ1) is 96.2. The van der Waals surface area contributed by atoms with Crippen molar-refractivity contribution in [2.75, 3.05) is 74.1 Å². The van der Waals surface area contributed by atoms with Gasteiger partial charge in [0.2, 0.25) is 94.5 Å². The number of primary amides is 2. The summed E-state index contributed by atoms with van der Waals surface area (Å²) in [6.45, 7) is 4.96. The summed E-state index contributed by atoms with van der Waals surface area (Å²) in [7, 11) is 4.65. The number of amidine groups is 1. The molecule has 5 aromatic rings. The summed E-state index contributed by atoms with van der Waals surface area (Å²) in [5.41, 5.74) is 20.8. The fourth-order valence-corrected chi connectivity index (χ4v) is 17.0. The fourth-order valence-electron chi connectivity index (χ4n) is 12.6. The van der Waals surface area contributed by atoms with E-state index in [1.807, 2.05) is 48.5 Å². The molecule has 3 fully saturated rings. The van der Waals surface area contributed by atoms with Crippen molar-refractivity contribution in [3.63, 3.8) is 0 Å². The van der Waals surface area contributed by atoms with Crippen molar-refractivity contribution >= 4 is 183 Å². The number of carboxylic acid groups (broad SMARTS) is 2. The summed E-state index contributed by atoms with van der Waals surface area (Å²) < 4.78 is 0. The first-order valence-electron chi connectivity index (χ1n) is 38.5. The van der Waals surface area contributed by atoms with Gasteiger partial charge in [-0.05, 0) is 114 Å². The van der Waals surface area contributed by atoms with Crippen LogP contribution < -0.4 is 86.3 Å². The molecule has 0 spiro atoms. The number of para-hydroxylation sites is 2. The van der Waals surface area contributed by atoms with Crippen LogP contribution in [0, 0.1) is 11.3 Å². The molecule has 3 aromatic carbocycles. The third kappa shape index (κ3) is 30.7. The van der Waals surface area contributed by atoms with E-state index in [0.29, 0.717) is 37.2 Å². The lowest BCUT2D eigenvalue weighted by Gasteiger charge is -2.32. The second-order valence-corrected chi connectivity index (χ2v) is 33.6. The number of aromatic amines is 2. The number of fused-ring (bicyclic) bond motifs is 2. The van der Waals surface area contributed by atoms with Crippen molar-refractivity contribution < 1.29 is 96.5 Å². The molecule has 0 bridgehead atoms. The molecule has 0 radical (unpaired) electrons. The van der Waals surface area contributed by atoms with Gasteiger partial charge in [-0.2, -0.15) is 0 Å². The minimum atomic E-state index is -1.74. The monoisotopic (exact) mass is 1760 g/mol. The van der Waals surface area contributed by atoms with Crippen LogP contribution in [0.1, 0.15) is 89.3 Å². The number of piperidine rings is 1. The molecule has 16 amide bonds. The quantitative estimate of drug-likeness (QED) is 0.0221. The number of aliphatic carboxylic acids is 2. The van der Waals surface area contributed by atoms with Crippen molar-refractivity contribution in [3.05, 3.63) is 102 Å². The van der Waals surface area contributed by atoms with Crippen molar-refractivity contribution in [1.82, 2.24) is 83.6 Å². The summed E-state index contributed by atoms with van der Waals surface area (Å²) in [6, 6.07) is 7.17. The smallest absolute Gasteiger partial charge is 0.305 e. The number of nitrogens with two attached hydrogens (primary N) is 3. The number of nitrogen functional groups attached to an aromatic ring is 1. The molecule has 5 heterocycles. The van der Waals surface area contributed by atoms with Gasteiger partial charge in [0, 0.05) is 107 Å². The van der Waals surface area contributed by atoms with Crippen molar-refractivity contribution in [1.29, 1.82) is 5.41 Å². The van der Waals surface area contributed by atoms with Gasteiger partial charge < -0.3 is 116 Å². The summed E-state index contributed by atoms with van der Waals surface area (Å²) in [5, 5.41) is 61.1. The molecule has 10 atom stereocenters. The summed E-state index contributed by atoms with van der Waals surface area (Å²) in [4.78, 5) is 244. The van der Waals surface area contributed by atoms with Crippen LogP contribution in [0.3, 0.4) is 0 Å². The molecule has 0 aliphatic carbocycles. The van der Waals surface area contributed by atoms with Gasteiger partial charge in [-0.15, -0.1) is 0 Å². The normalized spacial score (nSPS) is 22.9. The Morgan fingerprint density at radius 1 is 0.496 bits per heavy atom. The molecule has 3 aliphatic rings. The number of hydrogen-bond donors (Lipinski definition) is 21. The Kier molecular flexibility index (Phi) is 37.9. The van der Waals surface area contributed by atoms with Crippen LogP contribution in [0.5, 0.6) is 0 Å². The third-order valence-corrected chi connectivity index (χ3v) is 24.2. The molecule has 654 valence electrons. The number of amides is 16. The SMILES string of the molecule is C[C@@H]1NC(=O)C(CC(=O)O)NC(=O)CNC(=O)C(CC(=O)Nc2ccc(C(=N)N)cc2)NC(=O)CCSSCC(C(N)=O)NC(=O)[C@H](C)N(CCc2c[nH]c3ccccc23)C1=O.C[C@@H]1NC(=O)C(CC(=O)O)NC(=O)CNC(=O)C(CNC(=O)C2CCNCC2)NC(=O)CCSSCC(C(N)=O)NC(=O)[C@H](C)N(CCc2c[nH]c3ccccc23)C1=O. The van der Waals surface area contributed by atoms with Gasteiger partial charge in [0.1, 0.15) is 66.3 Å². The lowest BCUT2D eigenvalue weighted by atomic mass is 9.97. The number of benzene rings is 3. The van der Waals surface area contributed by atoms with E-state index in [4.69, 9.17) is 22.6 Å². The van der Waals surface area contributed by atoms with Crippen LogP contribution in [0.15, 0.2) is 85.2 Å². The van der Waals surface area contributed by atoms with Crippen LogP contribution >= 0.6 is 43.2 Å². The maximum atomic E-state index is 14.1. The number of nitrogens with one attached hydrogen (secondary N) is 16. The van der Waals surface area contributed by atoms with Gasteiger partial charge in [-0.1, -0.05) is 79.6 Å². The van der Waals surface area contributed by atoms with Gasteiger partial charge >= 0.3 is 11.9 Å². The number of hydrogen-bond acceptors (Lipinski definition) is 24. The van der Waals surface area contributed by atoms with E-state index < -0.39 is 193 Å². The van der Waals surface area contributed by atoms with E-state index in [1.54, 1.807) is 12.4 Å². The predicted molar refractivity (Wildman–Crippen MR) is 450 cm³/mol. The fraction of sp³-hybridized carbons (Fsp3) is 0.461. The van der Waals surface area contributed by atoms with Crippen LogP contribution in [-0.2, 0) is 99.1 Å². The van der Waals surface area contributed by atoms with Gasteiger partial charge in [-0.25, -0.2) is 0 Å². The van der Waals surface area contributed by atoms with Crippen LogP contribution in [-0.4, -0.2) is 272 Å². The predicted octanol–water partition coefficient (Wildman–Crippen LogP) is -3.08. The molecule has 8 rings (SSSR count). The highest BCUT2D eigenvalue weighted by atomic mass is 33.1. The highest BCUT2D eigenvalue weighted by Crippen LogP contribution is 2.26. The largest absolute Gasteiger partial charge is 0.481 e. The Morgan fingerprint density at radius 3 is 1.34 bits per heavy atom. The molecular formula is C76H101N21O20S4. The maximum absolute atomic E-state index is 14.1. The van der Waals surface area contributed by atoms with E-state index in [1.165, 1.54) is 72.6 Å². The molecule has 0 saturated carbocycles. The number of carbonyl (C=O) groups excluding carboxylic acids is 16. The number of carboxylic acids is 2. The van der Waals surface area contributed by atoms with Crippen LogP contribution in [0.25, 0.3) is 21.8 Å². The third-order valence-electron chi connectivity index (χ3n) is 19.4. The number of nitrogens with zero attached hydrogens (tertiary/aromatic N) is 2. The van der Waals surface area contributed by atoms with Gasteiger partial charge in [0.25, 0.3) is 0 Å². The zero-order valence-electron chi connectivity index (χ0n) is 66.6. The molecule has 3 aliphatic heterocycles. The van der Waals surface area contributed by atoms with Gasteiger partial charge in [0.05, 0.1) is 32.4 Å². The van der Waals surface area contributed by atoms with Crippen LogP contribution in [0.4, 0.5) is 5.69 Å². The number of aromatic nitrogens is 2. The molecule has 6 unspecified atom stereocenters. The second kappa shape index (κ2) is 47.7. The highest BCUT2D eigenvalue weighted by molar-refractivity contribution is 8.77. The number of carbonyl (C=O) groups is 18. The van der Waals surface area contributed by atoms with Gasteiger partial charge in [-0.3, -0.25) is 91.7 Å². The summed E-state index contributed by atoms with van der Waals surface area (Å²) >= 11 is 0. The Hall–Kier alpha value is -12.0. The summed E-state index contributed by atoms with van der Waals surface area (Å²) in [6.07, 6.45) is 2.60. The Labute approximate surface area is 709 Å². The molecule has 45 heteroatoms. The Bertz CT molecular complexity index is 4620. The zero-order valence-corrected chi connectivity index (χ0v) is 69.8. The average Bonchev–Trinajstić information content (AvgIpc) is 1.72. The van der Waals surface area contributed by atoms with E-state index >= 15 is 0 Å². The topological polar surface area (TPSA) is 644 Å². The molecule has 41 nitrogen and oxygen atoms in total.